The molecule has 1 aromatic carbocycles. The van der Waals surface area contributed by atoms with Crippen molar-refractivity contribution >= 4 is 22.2 Å². The number of likely N-dealkylation sites (N-methyl/N-ethyl adjacent to an activating group) is 1. The van der Waals surface area contributed by atoms with E-state index in [1.165, 1.54) is 49.8 Å². The van der Waals surface area contributed by atoms with Gasteiger partial charge in [0, 0.05) is 123 Å². The fraction of sp³-hybridized carbons (Fsp3) is 0.652. The predicted molar refractivity (Wildman–Crippen MR) is 324 cm³/mol. The van der Waals surface area contributed by atoms with E-state index < -0.39 is 12.7 Å². The maximum Gasteiger partial charge on any atom is 0.406 e. The minimum absolute atomic E-state index is 0.103. The molecule has 1 aliphatic carbocycles. The molecule has 5 saturated heterocycles. The van der Waals surface area contributed by atoms with Crippen LogP contribution < -0.4 is 21.0 Å². The molecule has 3 aromatic rings. The molecular formula is C66H96F3N11. The van der Waals surface area contributed by atoms with Crippen LogP contribution in [0.4, 0.5) is 18.9 Å². The van der Waals surface area contributed by atoms with E-state index in [1.54, 1.807) is 4.57 Å². The number of aryl methyl sites for hydroxylation is 1. The van der Waals surface area contributed by atoms with Crippen molar-refractivity contribution < 1.29 is 13.2 Å². The molecule has 0 amide bonds. The third-order valence-electron chi connectivity index (χ3n) is 19.3. The summed E-state index contributed by atoms with van der Waals surface area (Å²) < 4.78 is 47.0. The molecule has 0 bridgehead atoms. The normalized spacial score (nSPS) is 24.0. The number of nitrogens with zero attached hydrogens (tertiary/aromatic N) is 8. The smallest absolute Gasteiger partial charge is 0.378 e. The second kappa shape index (κ2) is 25.0. The second-order valence-electron chi connectivity index (χ2n) is 26.3. The number of anilines is 1. The highest BCUT2D eigenvalue weighted by molar-refractivity contribution is 5.95. The summed E-state index contributed by atoms with van der Waals surface area (Å²) in [5.41, 5.74) is 13.7. The number of pyridine rings is 1. The lowest BCUT2D eigenvalue weighted by Gasteiger charge is -2.45. The van der Waals surface area contributed by atoms with Crippen LogP contribution in [0.15, 0.2) is 73.4 Å². The lowest BCUT2D eigenvalue weighted by Crippen LogP contribution is -2.54. The van der Waals surface area contributed by atoms with Gasteiger partial charge in [-0.15, -0.1) is 12.3 Å². The van der Waals surface area contributed by atoms with E-state index in [0.29, 0.717) is 67.0 Å². The summed E-state index contributed by atoms with van der Waals surface area (Å²) in [6.45, 7) is 35.3. The van der Waals surface area contributed by atoms with Crippen LogP contribution in [0, 0.1) is 35.5 Å². The summed E-state index contributed by atoms with van der Waals surface area (Å²) in [5.74, 6) is 4.70. The first-order valence-electron chi connectivity index (χ1n) is 31.0. The van der Waals surface area contributed by atoms with Gasteiger partial charge in [0.2, 0.25) is 0 Å². The molecule has 14 heteroatoms. The van der Waals surface area contributed by atoms with Crippen molar-refractivity contribution in [3.8, 4) is 23.6 Å². The Balaban J connectivity index is 0.906. The van der Waals surface area contributed by atoms with Crippen LogP contribution in [0.3, 0.4) is 0 Å². The lowest BCUT2D eigenvalue weighted by molar-refractivity contribution is -0.139. The van der Waals surface area contributed by atoms with E-state index in [9.17, 15) is 0 Å². The van der Waals surface area contributed by atoms with Gasteiger partial charge in [-0.05, 0) is 155 Å². The highest BCUT2D eigenvalue weighted by atomic mass is 19.4. The zero-order valence-electron chi connectivity index (χ0n) is 49.6. The molecule has 8 heterocycles. The van der Waals surface area contributed by atoms with E-state index in [2.05, 4.69) is 124 Å². The number of nitrogens with one attached hydrogen (secondary N) is 3. The van der Waals surface area contributed by atoms with Gasteiger partial charge >= 0.3 is 6.18 Å². The van der Waals surface area contributed by atoms with Crippen LogP contribution in [0.2, 0.25) is 0 Å². The van der Waals surface area contributed by atoms with E-state index in [-0.39, 0.29) is 17.5 Å². The van der Waals surface area contributed by atoms with Gasteiger partial charge in [0.05, 0.1) is 35.7 Å². The van der Waals surface area contributed by atoms with Gasteiger partial charge in [0.1, 0.15) is 6.54 Å². The number of aromatic nitrogens is 2. The third-order valence-corrected chi connectivity index (χ3v) is 19.3. The molecule has 0 radical (unpaired) electrons. The van der Waals surface area contributed by atoms with Crippen LogP contribution in [0.25, 0.3) is 27.7 Å². The van der Waals surface area contributed by atoms with Crippen molar-refractivity contribution in [2.45, 2.75) is 167 Å². The minimum Gasteiger partial charge on any atom is -0.378 e. The topological polar surface area (TPSA) is 83.3 Å². The van der Waals surface area contributed by atoms with Crippen molar-refractivity contribution in [3.05, 3.63) is 90.2 Å². The average Bonchev–Trinajstić information content (AvgIpc) is 4.53. The summed E-state index contributed by atoms with van der Waals surface area (Å²) in [5, 5.41) is 10.8. The first-order chi connectivity index (χ1) is 38.4. The Hall–Kier alpha value is -4.78. The Morgan fingerprint density at radius 1 is 0.975 bits per heavy atom. The van der Waals surface area contributed by atoms with Crippen molar-refractivity contribution in [2.24, 2.45) is 23.2 Å². The van der Waals surface area contributed by atoms with Gasteiger partial charge in [-0.3, -0.25) is 19.7 Å². The lowest BCUT2D eigenvalue weighted by atomic mass is 9.80. The van der Waals surface area contributed by atoms with E-state index in [1.807, 2.05) is 12.3 Å². The molecule has 2 aromatic heterocycles. The number of benzene rings is 1. The Kier molecular flexibility index (Phi) is 18.2. The first kappa shape index (κ1) is 58.4. The number of piperazine rings is 1. The van der Waals surface area contributed by atoms with Crippen LogP contribution in [0.1, 0.15) is 128 Å². The molecule has 0 spiro atoms. The number of hydrogen-bond acceptors (Lipinski definition) is 10. The summed E-state index contributed by atoms with van der Waals surface area (Å²) >= 11 is 0. The number of terminal acetylenes is 1. The maximum atomic E-state index is 15.1. The monoisotopic (exact) mass is 1100 g/mol. The van der Waals surface area contributed by atoms with Gasteiger partial charge in [-0.2, -0.15) is 13.2 Å². The molecule has 10 rings (SSSR count). The zero-order valence-corrected chi connectivity index (χ0v) is 49.6. The number of alkyl halides is 3. The number of rotatable bonds is 24. The number of piperidine rings is 1. The van der Waals surface area contributed by atoms with E-state index in [4.69, 9.17) is 24.6 Å². The maximum absolute atomic E-state index is 15.1. The number of hydrogen-bond donors (Lipinski definition) is 3. The van der Waals surface area contributed by atoms with Gasteiger partial charge in [0.25, 0.3) is 0 Å². The molecule has 6 unspecified atom stereocenters. The molecule has 6 aliphatic heterocycles. The highest BCUT2D eigenvalue weighted by Gasteiger charge is 2.50. The van der Waals surface area contributed by atoms with Gasteiger partial charge in [-0.25, -0.2) is 5.43 Å². The summed E-state index contributed by atoms with van der Waals surface area (Å²) in [6, 6.07) is 10.0. The second-order valence-corrected chi connectivity index (χ2v) is 26.3. The SMILES string of the molecule is C#CCCC(C)(C)Cc1c(-c2cc(N3CCN4CCCCC4C3)cnc2CC)n(CC(F)(F)F)c2ccc(C3=CCCN(CC(NC(=C)C(C(C)C)N(C)CCC4CCN(C(=C)C5NC5C5CC5)C4)C(=C)N4CCCCN4)C3)cc12. The number of hydrazine groups is 1. The van der Waals surface area contributed by atoms with Gasteiger partial charge < -0.3 is 30.0 Å². The number of halogens is 3. The number of fused-ring (bicyclic) bond motifs is 2. The fourth-order valence-electron chi connectivity index (χ4n) is 14.6. The molecular weight excluding hydrogens is 1000 g/mol. The summed E-state index contributed by atoms with van der Waals surface area (Å²) in [6.07, 6.45) is 20.1. The first-order valence-corrected chi connectivity index (χ1v) is 31.0. The average molecular weight is 1100 g/mol. The van der Waals surface area contributed by atoms with Crippen LogP contribution >= 0.6 is 0 Å². The molecule has 6 atom stereocenters. The van der Waals surface area contributed by atoms with Gasteiger partial charge in [0.15, 0.2) is 0 Å². The molecule has 7 aliphatic rings. The van der Waals surface area contributed by atoms with Crippen molar-refractivity contribution in [1.82, 2.24) is 50.2 Å². The fourth-order valence-corrected chi connectivity index (χ4v) is 14.6. The minimum atomic E-state index is -4.45. The molecule has 1 saturated carbocycles. The third kappa shape index (κ3) is 13.7. The van der Waals surface area contributed by atoms with Gasteiger partial charge in [-0.1, -0.05) is 72.9 Å². The molecule has 3 N–H and O–H groups in total. The summed E-state index contributed by atoms with van der Waals surface area (Å²) in [4.78, 5) is 17.7. The molecule has 6 fully saturated rings. The predicted octanol–water partition coefficient (Wildman–Crippen LogP) is 11.1. The Morgan fingerprint density at radius 2 is 1.79 bits per heavy atom. The van der Waals surface area contributed by atoms with Crippen molar-refractivity contribution in [2.75, 3.05) is 90.5 Å². The molecule has 80 heavy (non-hydrogen) atoms. The van der Waals surface area contributed by atoms with Crippen molar-refractivity contribution in [3.63, 3.8) is 0 Å². The Morgan fingerprint density at radius 3 is 2.52 bits per heavy atom. The van der Waals surface area contributed by atoms with Crippen LogP contribution in [-0.2, 0) is 19.4 Å². The number of likely N-dealkylation sites (tertiary alicyclic amines) is 1. The van der Waals surface area contributed by atoms with Crippen LogP contribution in [-0.4, -0.2) is 156 Å². The van der Waals surface area contributed by atoms with Crippen LogP contribution in [0.5, 0.6) is 0 Å². The standard InChI is InChI=1S/C66H96F3N11/c1-11-13-27-65(8,9)38-57-55-36-51(23-24-60(55)79(44-66(67,68)69)64(57)56-37-54(39-70-58(56)12-2)78-35-34-76-30-16-14-20-53(76)42-78)52-19-18-29-75(41-52)43-59(47(6)80-31-17-15-28-71-80)72-46(5)63(45(3)4)74(10)32-25-49-26-33-77(40-49)48(7)61-62(73-61)50-21-22-50/h1,19,23-24,36-37,39,45,49-50,53,59,61-63,71-73H,5-7,12-18,20-22,25-35,38,40-44H2,2-4,8-10H3. The van der Waals surface area contributed by atoms with E-state index in [0.717, 1.165) is 155 Å². The molecule has 436 valence electrons. The van der Waals surface area contributed by atoms with E-state index >= 15 is 13.2 Å². The largest absolute Gasteiger partial charge is 0.406 e. The van der Waals surface area contributed by atoms with Crippen molar-refractivity contribution in [1.29, 1.82) is 0 Å². The Labute approximate surface area is 478 Å². The zero-order chi connectivity index (χ0) is 56.5. The quantitative estimate of drug-likeness (QED) is 0.0596. The molecule has 11 nitrogen and oxygen atoms in total. The summed E-state index contributed by atoms with van der Waals surface area (Å²) in [7, 11) is 2.27. The highest BCUT2D eigenvalue weighted by Crippen LogP contribution is 2.45. The Bertz CT molecular complexity index is 2760.